The summed E-state index contributed by atoms with van der Waals surface area (Å²) in [6.07, 6.45) is 3.51. The van der Waals surface area contributed by atoms with Gasteiger partial charge in [0, 0.05) is 29.3 Å². The molecule has 2 heterocycles. The summed E-state index contributed by atoms with van der Waals surface area (Å²) in [6.45, 7) is 12.9. The molecule has 1 aliphatic rings. The van der Waals surface area contributed by atoms with E-state index in [1.165, 1.54) is 5.57 Å². The number of nitrogens with one attached hydrogen (secondary N) is 1. The Kier molecular flexibility index (Phi) is 11.3. The summed E-state index contributed by atoms with van der Waals surface area (Å²) >= 11 is 0. The predicted octanol–water partition coefficient (Wildman–Crippen LogP) is 6.89. The second-order valence-electron chi connectivity index (χ2n) is 8.04. The van der Waals surface area contributed by atoms with Crippen LogP contribution in [-0.2, 0) is 4.79 Å². The Bertz CT molecular complexity index is 1210. The molecule has 36 heavy (non-hydrogen) atoms. The summed E-state index contributed by atoms with van der Waals surface area (Å²) in [4.78, 5) is 27.8. The minimum absolute atomic E-state index is 0.0310. The Labute approximate surface area is 214 Å². The summed E-state index contributed by atoms with van der Waals surface area (Å²) in [5.41, 5.74) is 6.18. The van der Waals surface area contributed by atoms with Crippen LogP contribution >= 0.6 is 0 Å². The third kappa shape index (κ3) is 8.05. The van der Waals surface area contributed by atoms with Crippen LogP contribution in [0.3, 0.4) is 0 Å². The largest absolute Gasteiger partial charge is 0.497 e. The number of rotatable bonds is 6. The molecular formula is C31H36N2O3. The number of hydrogen-bond donors (Lipinski definition) is 1. The molecule has 0 saturated heterocycles. The highest BCUT2D eigenvalue weighted by molar-refractivity contribution is 6.09. The van der Waals surface area contributed by atoms with Crippen LogP contribution in [0.25, 0.3) is 16.8 Å². The first-order chi connectivity index (χ1) is 17.4. The van der Waals surface area contributed by atoms with Crippen LogP contribution < -0.4 is 10.1 Å². The average molecular weight is 485 g/mol. The number of allylic oxidation sites excluding steroid dienone is 1. The summed E-state index contributed by atoms with van der Waals surface area (Å²) < 4.78 is 5.19. The van der Waals surface area contributed by atoms with Crippen molar-refractivity contribution in [3.8, 4) is 17.0 Å². The van der Waals surface area contributed by atoms with Gasteiger partial charge in [-0.05, 0) is 49.6 Å². The van der Waals surface area contributed by atoms with Gasteiger partial charge in [-0.25, -0.2) is 4.98 Å². The minimum atomic E-state index is -0.0310. The van der Waals surface area contributed by atoms with Crippen LogP contribution in [-0.4, -0.2) is 30.3 Å². The third-order valence-corrected chi connectivity index (χ3v) is 5.51. The van der Waals surface area contributed by atoms with E-state index < -0.39 is 0 Å². The van der Waals surface area contributed by atoms with E-state index in [0.717, 1.165) is 41.9 Å². The van der Waals surface area contributed by atoms with Gasteiger partial charge in [-0.2, -0.15) is 0 Å². The molecule has 0 atom stereocenters. The van der Waals surface area contributed by atoms with Crippen molar-refractivity contribution in [3.63, 3.8) is 0 Å². The molecule has 0 aliphatic carbocycles. The first-order valence-corrected chi connectivity index (χ1v) is 12.3. The smallest absolute Gasteiger partial charge is 0.243 e. The lowest BCUT2D eigenvalue weighted by Gasteiger charge is -2.08. The molecule has 5 heteroatoms. The highest BCUT2D eigenvalue weighted by atomic mass is 16.5. The van der Waals surface area contributed by atoms with E-state index >= 15 is 0 Å². The molecule has 0 unspecified atom stereocenters. The van der Waals surface area contributed by atoms with Crippen molar-refractivity contribution < 1.29 is 14.3 Å². The maximum atomic E-state index is 12.7. The van der Waals surface area contributed by atoms with Gasteiger partial charge in [0.05, 0.1) is 18.5 Å². The van der Waals surface area contributed by atoms with Crippen molar-refractivity contribution >= 4 is 17.3 Å². The van der Waals surface area contributed by atoms with E-state index in [-0.39, 0.29) is 11.7 Å². The summed E-state index contributed by atoms with van der Waals surface area (Å²) in [5.74, 6) is 0.690. The monoisotopic (exact) mass is 484 g/mol. The lowest BCUT2D eigenvalue weighted by Crippen LogP contribution is -2.26. The molecule has 0 spiro atoms. The molecule has 2 aromatic carbocycles. The van der Waals surface area contributed by atoms with Crippen molar-refractivity contribution in [2.45, 2.75) is 40.5 Å². The summed E-state index contributed by atoms with van der Waals surface area (Å²) in [5, 5.41) is 2.70. The molecule has 1 aliphatic heterocycles. The van der Waals surface area contributed by atoms with Crippen molar-refractivity contribution in [1.29, 1.82) is 0 Å². The van der Waals surface area contributed by atoms with Gasteiger partial charge in [-0.15, -0.1) is 0 Å². The fourth-order valence-corrected chi connectivity index (χ4v) is 3.43. The van der Waals surface area contributed by atoms with Gasteiger partial charge in [0.2, 0.25) is 5.91 Å². The van der Waals surface area contributed by atoms with Crippen LogP contribution in [0.5, 0.6) is 5.75 Å². The second-order valence-corrected chi connectivity index (χ2v) is 8.04. The number of nitrogens with zero attached hydrogens (tertiary/aromatic N) is 1. The first-order valence-electron chi connectivity index (χ1n) is 12.3. The zero-order valence-corrected chi connectivity index (χ0v) is 21.9. The molecule has 0 bridgehead atoms. The molecule has 0 saturated carbocycles. The average Bonchev–Trinajstić information content (AvgIpc) is 2.93. The Morgan fingerprint density at radius 2 is 1.72 bits per heavy atom. The number of hydrogen-bond acceptors (Lipinski definition) is 4. The minimum Gasteiger partial charge on any atom is -0.497 e. The summed E-state index contributed by atoms with van der Waals surface area (Å²) in [6, 6.07) is 20.6. The van der Waals surface area contributed by atoms with E-state index in [1.54, 1.807) is 25.3 Å². The lowest BCUT2D eigenvalue weighted by molar-refractivity contribution is -0.116. The van der Waals surface area contributed by atoms with Crippen LogP contribution in [0.1, 0.15) is 62.2 Å². The Balaban J connectivity index is 0.000000384. The quantitative estimate of drug-likeness (QED) is 0.387. The van der Waals surface area contributed by atoms with Gasteiger partial charge >= 0.3 is 0 Å². The van der Waals surface area contributed by atoms with E-state index in [0.29, 0.717) is 16.9 Å². The predicted molar refractivity (Wildman–Crippen MR) is 148 cm³/mol. The SMILES string of the molecule is C=C(CC)c1cccc(-c2ccc(C(=O)c3cccc(OC)c3)cc2)n1.CC.CC1=CC(=O)NCC1. The topological polar surface area (TPSA) is 68.3 Å². The van der Waals surface area contributed by atoms with Gasteiger partial charge in [-0.3, -0.25) is 9.59 Å². The molecule has 3 aromatic rings. The Hall–Kier alpha value is -3.99. The molecule has 188 valence electrons. The zero-order chi connectivity index (χ0) is 26.5. The molecule has 0 fully saturated rings. The molecule has 1 aromatic heterocycles. The van der Waals surface area contributed by atoms with Crippen LogP contribution in [0.4, 0.5) is 0 Å². The van der Waals surface area contributed by atoms with Crippen molar-refractivity contribution in [1.82, 2.24) is 10.3 Å². The number of amides is 1. The number of carbonyl (C=O) groups is 2. The number of pyridine rings is 1. The molecular weight excluding hydrogens is 448 g/mol. The van der Waals surface area contributed by atoms with Crippen molar-refractivity contribution in [2.75, 3.05) is 13.7 Å². The highest BCUT2D eigenvalue weighted by Crippen LogP contribution is 2.23. The number of ketones is 1. The van der Waals surface area contributed by atoms with Gasteiger partial charge in [0.1, 0.15) is 5.75 Å². The highest BCUT2D eigenvalue weighted by Gasteiger charge is 2.11. The Morgan fingerprint density at radius 1 is 1.03 bits per heavy atom. The number of methoxy groups -OCH3 is 1. The van der Waals surface area contributed by atoms with Gasteiger partial charge in [-0.1, -0.05) is 75.4 Å². The standard InChI is InChI=1S/C23H21NO2.C6H9NO.C2H6/c1-4-16(2)21-9-6-10-22(24-21)17-11-13-18(14-12-17)23(25)19-7-5-8-20(15-19)26-3;1-5-2-3-7-6(8)4-5;1-2/h5-15H,2,4H2,1,3H3;4H,2-3H2,1H3,(H,7,8);1-2H3. The van der Waals surface area contributed by atoms with E-state index in [1.807, 2.05) is 75.4 Å². The van der Waals surface area contributed by atoms with Gasteiger partial charge in [0.15, 0.2) is 5.78 Å². The van der Waals surface area contributed by atoms with E-state index in [4.69, 9.17) is 4.74 Å². The fraction of sp³-hybridized carbons (Fsp3) is 0.258. The molecule has 5 nitrogen and oxygen atoms in total. The zero-order valence-electron chi connectivity index (χ0n) is 21.9. The fourth-order valence-electron chi connectivity index (χ4n) is 3.43. The molecule has 4 rings (SSSR count). The third-order valence-electron chi connectivity index (χ3n) is 5.51. The van der Waals surface area contributed by atoms with Crippen LogP contribution in [0.15, 0.2) is 85.0 Å². The molecule has 1 amide bonds. The number of carbonyl (C=O) groups excluding carboxylic acids is 2. The maximum Gasteiger partial charge on any atom is 0.243 e. The number of benzene rings is 2. The van der Waals surface area contributed by atoms with E-state index in [2.05, 4.69) is 23.8 Å². The molecule has 0 radical (unpaired) electrons. The maximum absolute atomic E-state index is 12.7. The normalized spacial score (nSPS) is 12.0. The summed E-state index contributed by atoms with van der Waals surface area (Å²) in [7, 11) is 1.59. The second kappa shape index (κ2) is 14.4. The Morgan fingerprint density at radius 3 is 2.31 bits per heavy atom. The van der Waals surface area contributed by atoms with E-state index in [9.17, 15) is 9.59 Å². The van der Waals surface area contributed by atoms with Crippen LogP contribution in [0.2, 0.25) is 0 Å². The molecule has 1 N–H and O–H groups in total. The van der Waals surface area contributed by atoms with Crippen molar-refractivity contribution in [2.24, 2.45) is 0 Å². The van der Waals surface area contributed by atoms with Gasteiger partial charge in [0.25, 0.3) is 0 Å². The number of aromatic nitrogens is 1. The lowest BCUT2D eigenvalue weighted by atomic mass is 10.0. The van der Waals surface area contributed by atoms with Crippen LogP contribution in [0, 0.1) is 0 Å². The van der Waals surface area contributed by atoms with Crippen molar-refractivity contribution in [3.05, 3.63) is 102 Å². The number of ether oxygens (including phenoxy) is 1. The van der Waals surface area contributed by atoms with Gasteiger partial charge < -0.3 is 10.1 Å². The first kappa shape index (κ1) is 28.2.